The molecule has 3 aromatic carbocycles. The fourth-order valence-corrected chi connectivity index (χ4v) is 3.88. The van der Waals surface area contributed by atoms with E-state index in [0.29, 0.717) is 22.6 Å². The highest BCUT2D eigenvalue weighted by atomic mass is 127. The number of nitrogens with zero attached hydrogens (tertiary/aromatic N) is 1. The molecule has 4 rings (SSSR count). The van der Waals surface area contributed by atoms with Gasteiger partial charge in [0.15, 0.2) is 0 Å². The minimum Gasteiger partial charge on any atom is -0.349 e. The third kappa shape index (κ3) is 4.79. The average Bonchev–Trinajstić information content (AvgIpc) is 3.00. The van der Waals surface area contributed by atoms with Crippen molar-refractivity contribution in [3.05, 3.63) is 97.7 Å². The Morgan fingerprint density at radius 3 is 2.24 bits per heavy atom. The van der Waals surface area contributed by atoms with Gasteiger partial charge in [-0.25, -0.2) is 4.90 Å². The van der Waals surface area contributed by atoms with Crippen molar-refractivity contribution < 1.29 is 14.4 Å². The summed E-state index contributed by atoms with van der Waals surface area (Å²) >= 11 is 8.44. The standard InChI is InChI=1S/C25H19ClIN3O3/c1-14-3-11-19(12-4-14)30-24(32)21(26)22(25(30)33)29-20-13-16(6-5-15(20)2)23(31)28-18-9-7-17(27)8-10-18/h3-13,29H,1-2H3,(H,28,31). The van der Waals surface area contributed by atoms with Crippen LogP contribution in [0.5, 0.6) is 0 Å². The maximum absolute atomic E-state index is 13.0. The molecule has 0 atom stereocenters. The monoisotopic (exact) mass is 571 g/mol. The molecule has 1 heterocycles. The van der Waals surface area contributed by atoms with Crippen LogP contribution in [0.1, 0.15) is 21.5 Å². The Kier molecular flexibility index (Phi) is 6.53. The maximum Gasteiger partial charge on any atom is 0.283 e. The first kappa shape index (κ1) is 23.0. The smallest absolute Gasteiger partial charge is 0.283 e. The van der Waals surface area contributed by atoms with Crippen molar-refractivity contribution in [1.82, 2.24) is 0 Å². The van der Waals surface area contributed by atoms with Gasteiger partial charge in [0, 0.05) is 20.5 Å². The van der Waals surface area contributed by atoms with Crippen molar-refractivity contribution in [3.8, 4) is 0 Å². The summed E-state index contributed by atoms with van der Waals surface area (Å²) < 4.78 is 1.06. The van der Waals surface area contributed by atoms with Crippen LogP contribution in [0.4, 0.5) is 17.1 Å². The van der Waals surface area contributed by atoms with Crippen molar-refractivity contribution >= 4 is 69.0 Å². The molecular weight excluding hydrogens is 553 g/mol. The van der Waals surface area contributed by atoms with Gasteiger partial charge in [-0.3, -0.25) is 14.4 Å². The van der Waals surface area contributed by atoms with E-state index in [0.717, 1.165) is 19.6 Å². The number of carbonyl (C=O) groups is 3. The molecule has 0 aromatic heterocycles. The van der Waals surface area contributed by atoms with E-state index in [1.807, 2.05) is 50.2 Å². The molecule has 2 N–H and O–H groups in total. The number of imide groups is 1. The number of hydrogen-bond acceptors (Lipinski definition) is 4. The molecule has 166 valence electrons. The van der Waals surface area contributed by atoms with Crippen molar-refractivity contribution in [3.63, 3.8) is 0 Å². The van der Waals surface area contributed by atoms with Gasteiger partial charge < -0.3 is 10.6 Å². The average molecular weight is 572 g/mol. The molecule has 0 fully saturated rings. The lowest BCUT2D eigenvalue weighted by Gasteiger charge is -2.16. The van der Waals surface area contributed by atoms with Crippen molar-refractivity contribution in [2.45, 2.75) is 13.8 Å². The van der Waals surface area contributed by atoms with E-state index in [1.54, 1.807) is 30.3 Å². The van der Waals surface area contributed by atoms with Gasteiger partial charge in [-0.05, 0) is 90.5 Å². The number of hydrogen-bond donors (Lipinski definition) is 2. The van der Waals surface area contributed by atoms with E-state index in [2.05, 4.69) is 33.2 Å². The molecular formula is C25H19ClIN3O3. The zero-order chi connectivity index (χ0) is 23.7. The largest absolute Gasteiger partial charge is 0.349 e. The Labute approximate surface area is 209 Å². The predicted molar refractivity (Wildman–Crippen MR) is 138 cm³/mol. The molecule has 1 aliphatic heterocycles. The highest BCUT2D eigenvalue weighted by Crippen LogP contribution is 2.31. The van der Waals surface area contributed by atoms with Crippen LogP contribution in [0.3, 0.4) is 0 Å². The molecule has 0 saturated carbocycles. The first-order valence-electron chi connectivity index (χ1n) is 10.0. The fraction of sp³-hybridized carbons (Fsp3) is 0.0800. The number of nitrogens with one attached hydrogen (secondary N) is 2. The molecule has 3 aromatic rings. The fourth-order valence-electron chi connectivity index (χ4n) is 3.31. The third-order valence-corrected chi connectivity index (χ3v) is 6.25. The third-order valence-electron chi connectivity index (χ3n) is 5.18. The normalized spacial score (nSPS) is 13.5. The Morgan fingerprint density at radius 1 is 0.909 bits per heavy atom. The van der Waals surface area contributed by atoms with Crippen LogP contribution in [-0.2, 0) is 9.59 Å². The van der Waals surface area contributed by atoms with E-state index < -0.39 is 11.8 Å². The van der Waals surface area contributed by atoms with Crippen molar-refractivity contribution in [2.24, 2.45) is 0 Å². The molecule has 8 heteroatoms. The number of benzene rings is 3. The number of aryl methyl sites for hydroxylation is 2. The van der Waals surface area contributed by atoms with Crippen LogP contribution in [0.25, 0.3) is 0 Å². The Balaban J connectivity index is 1.57. The minimum atomic E-state index is -0.599. The van der Waals surface area contributed by atoms with E-state index in [4.69, 9.17) is 11.6 Å². The highest BCUT2D eigenvalue weighted by molar-refractivity contribution is 14.1. The summed E-state index contributed by atoms with van der Waals surface area (Å²) in [4.78, 5) is 39.5. The Morgan fingerprint density at radius 2 is 1.58 bits per heavy atom. The summed E-state index contributed by atoms with van der Waals surface area (Å²) in [6.07, 6.45) is 0. The quantitative estimate of drug-likeness (QED) is 0.309. The SMILES string of the molecule is Cc1ccc(N2C(=O)C(Cl)=C(Nc3cc(C(=O)Nc4ccc(I)cc4)ccc3C)C2=O)cc1. The van der Waals surface area contributed by atoms with Crippen LogP contribution in [-0.4, -0.2) is 17.7 Å². The van der Waals surface area contributed by atoms with E-state index >= 15 is 0 Å². The minimum absolute atomic E-state index is 0.0273. The highest BCUT2D eigenvalue weighted by Gasteiger charge is 2.39. The van der Waals surface area contributed by atoms with E-state index in [1.165, 1.54) is 0 Å². The zero-order valence-corrected chi connectivity index (χ0v) is 20.7. The molecule has 0 aliphatic carbocycles. The van der Waals surface area contributed by atoms with Gasteiger partial charge >= 0.3 is 0 Å². The first-order valence-corrected chi connectivity index (χ1v) is 11.5. The van der Waals surface area contributed by atoms with Crippen LogP contribution in [0, 0.1) is 17.4 Å². The summed E-state index contributed by atoms with van der Waals surface area (Å²) in [5.41, 5.74) is 3.77. The summed E-state index contributed by atoms with van der Waals surface area (Å²) in [6, 6.07) is 19.5. The molecule has 33 heavy (non-hydrogen) atoms. The molecule has 0 saturated heterocycles. The molecule has 0 unspecified atom stereocenters. The van der Waals surface area contributed by atoms with Gasteiger partial charge in [0.2, 0.25) is 0 Å². The van der Waals surface area contributed by atoms with Crippen molar-refractivity contribution in [1.29, 1.82) is 0 Å². The number of rotatable bonds is 5. The van der Waals surface area contributed by atoms with E-state index in [9.17, 15) is 14.4 Å². The lowest BCUT2D eigenvalue weighted by Crippen LogP contribution is -2.32. The summed E-state index contributed by atoms with van der Waals surface area (Å²) in [5, 5.41) is 5.62. The summed E-state index contributed by atoms with van der Waals surface area (Å²) in [7, 11) is 0. The number of amides is 3. The molecule has 1 aliphatic rings. The maximum atomic E-state index is 13.0. The van der Waals surface area contributed by atoms with Crippen LogP contribution >= 0.6 is 34.2 Å². The second-order valence-corrected chi connectivity index (χ2v) is 9.21. The van der Waals surface area contributed by atoms with Crippen LogP contribution < -0.4 is 15.5 Å². The topological polar surface area (TPSA) is 78.5 Å². The molecule has 6 nitrogen and oxygen atoms in total. The van der Waals surface area contributed by atoms with Gasteiger partial charge in [0.1, 0.15) is 10.7 Å². The van der Waals surface area contributed by atoms with Gasteiger partial charge in [0.05, 0.1) is 5.69 Å². The van der Waals surface area contributed by atoms with Crippen molar-refractivity contribution in [2.75, 3.05) is 15.5 Å². The van der Waals surface area contributed by atoms with E-state index in [-0.39, 0.29) is 16.6 Å². The van der Waals surface area contributed by atoms with Gasteiger partial charge in [-0.2, -0.15) is 0 Å². The van der Waals surface area contributed by atoms with Gasteiger partial charge in [0.25, 0.3) is 17.7 Å². The second kappa shape index (κ2) is 9.36. The van der Waals surface area contributed by atoms with Gasteiger partial charge in [-0.15, -0.1) is 0 Å². The molecule has 3 amide bonds. The Bertz CT molecular complexity index is 1300. The van der Waals surface area contributed by atoms with Gasteiger partial charge in [-0.1, -0.05) is 35.4 Å². The van der Waals surface area contributed by atoms with Crippen LogP contribution in [0.15, 0.2) is 77.5 Å². The number of carbonyl (C=O) groups excluding carboxylic acids is 3. The molecule has 0 radical (unpaired) electrons. The number of halogens is 2. The lowest BCUT2D eigenvalue weighted by molar-refractivity contribution is -0.120. The molecule has 0 spiro atoms. The molecule has 0 bridgehead atoms. The Hall–Kier alpha value is -3.17. The summed E-state index contributed by atoms with van der Waals surface area (Å²) in [6.45, 7) is 3.75. The lowest BCUT2D eigenvalue weighted by atomic mass is 10.1. The predicted octanol–water partition coefficient (Wildman–Crippen LogP) is 5.60. The second-order valence-electron chi connectivity index (χ2n) is 7.59. The zero-order valence-electron chi connectivity index (χ0n) is 17.8. The summed E-state index contributed by atoms with van der Waals surface area (Å²) in [5.74, 6) is -1.45. The number of anilines is 3. The van der Waals surface area contributed by atoms with Crippen LogP contribution in [0.2, 0.25) is 0 Å². The first-order chi connectivity index (χ1) is 15.7.